The van der Waals surface area contributed by atoms with E-state index >= 15 is 0 Å². The molecule has 1 saturated heterocycles. The summed E-state index contributed by atoms with van der Waals surface area (Å²) in [5.41, 5.74) is 2.60. The molecular formula is C21H21ClN6. The summed E-state index contributed by atoms with van der Waals surface area (Å²) < 4.78 is 0. The number of nitrogens with one attached hydrogen (secondary N) is 1. The molecule has 0 radical (unpaired) electrons. The van der Waals surface area contributed by atoms with Crippen LogP contribution in [0.3, 0.4) is 0 Å². The highest BCUT2D eigenvalue weighted by molar-refractivity contribution is 6.31. The Labute approximate surface area is 169 Å². The molecule has 0 bridgehead atoms. The number of aromatic nitrogens is 2. The molecule has 0 amide bonds. The van der Waals surface area contributed by atoms with Crippen molar-refractivity contribution in [2.75, 3.05) is 43.4 Å². The van der Waals surface area contributed by atoms with Crippen molar-refractivity contribution >= 4 is 34.3 Å². The van der Waals surface area contributed by atoms with Crippen molar-refractivity contribution in [2.45, 2.75) is 6.54 Å². The fourth-order valence-corrected chi connectivity index (χ4v) is 3.43. The summed E-state index contributed by atoms with van der Waals surface area (Å²) in [4.78, 5) is 14.1. The van der Waals surface area contributed by atoms with Crippen molar-refractivity contribution in [1.82, 2.24) is 14.9 Å². The molecule has 0 aliphatic carbocycles. The van der Waals surface area contributed by atoms with Crippen molar-refractivity contribution in [3.05, 3.63) is 58.6 Å². The lowest BCUT2D eigenvalue weighted by Gasteiger charge is -2.32. The summed E-state index contributed by atoms with van der Waals surface area (Å²) in [6.07, 6.45) is 0. The average Bonchev–Trinajstić information content (AvgIpc) is 2.73. The summed E-state index contributed by atoms with van der Waals surface area (Å²) in [6, 6.07) is 15.4. The van der Waals surface area contributed by atoms with Crippen LogP contribution in [0.4, 0.5) is 11.8 Å². The van der Waals surface area contributed by atoms with Crippen molar-refractivity contribution in [1.29, 1.82) is 5.26 Å². The SMILES string of the molecule is CN1CCN(c2nc(NCc3ccc(C#N)cc3)c3cc(Cl)ccc3n2)CC1. The van der Waals surface area contributed by atoms with Crippen LogP contribution in [-0.4, -0.2) is 48.1 Å². The van der Waals surface area contributed by atoms with Gasteiger partial charge in [-0.3, -0.25) is 0 Å². The van der Waals surface area contributed by atoms with E-state index in [0.29, 0.717) is 17.1 Å². The molecule has 1 N–H and O–H groups in total. The third-order valence-electron chi connectivity index (χ3n) is 4.98. The van der Waals surface area contributed by atoms with E-state index in [-0.39, 0.29) is 0 Å². The highest BCUT2D eigenvalue weighted by Crippen LogP contribution is 2.27. The Morgan fingerprint density at radius 2 is 1.82 bits per heavy atom. The predicted octanol–water partition coefficient (Wildman–Crippen LogP) is 3.52. The van der Waals surface area contributed by atoms with Gasteiger partial charge in [0, 0.05) is 43.1 Å². The Kier molecular flexibility index (Phi) is 5.29. The number of anilines is 2. The predicted molar refractivity (Wildman–Crippen MR) is 113 cm³/mol. The molecule has 2 heterocycles. The fourth-order valence-electron chi connectivity index (χ4n) is 3.25. The van der Waals surface area contributed by atoms with E-state index < -0.39 is 0 Å². The minimum Gasteiger partial charge on any atom is -0.365 e. The first kappa shape index (κ1) is 18.5. The number of fused-ring (bicyclic) bond motifs is 1. The second kappa shape index (κ2) is 8.01. The van der Waals surface area contributed by atoms with Gasteiger partial charge < -0.3 is 15.1 Å². The van der Waals surface area contributed by atoms with Crippen molar-refractivity contribution < 1.29 is 0 Å². The standard InChI is InChI=1S/C21H21ClN6/c1-27-8-10-28(11-9-27)21-25-19-7-6-17(22)12-18(19)20(26-21)24-14-16-4-2-15(13-23)3-5-16/h2-7,12H,8-11,14H2,1H3,(H,24,25,26). The van der Waals surface area contributed by atoms with E-state index in [2.05, 4.69) is 28.2 Å². The van der Waals surface area contributed by atoms with Gasteiger partial charge in [-0.15, -0.1) is 0 Å². The maximum atomic E-state index is 8.95. The molecule has 0 spiro atoms. The van der Waals surface area contributed by atoms with Gasteiger partial charge in [0.2, 0.25) is 5.95 Å². The molecular weight excluding hydrogens is 372 g/mol. The molecule has 28 heavy (non-hydrogen) atoms. The molecule has 0 unspecified atom stereocenters. The lowest BCUT2D eigenvalue weighted by molar-refractivity contribution is 0.311. The molecule has 0 atom stereocenters. The highest BCUT2D eigenvalue weighted by Gasteiger charge is 2.18. The molecule has 3 aromatic rings. The van der Waals surface area contributed by atoms with Gasteiger partial charge in [-0.05, 0) is 42.9 Å². The van der Waals surface area contributed by atoms with Crippen molar-refractivity contribution in [3.8, 4) is 6.07 Å². The summed E-state index contributed by atoms with van der Waals surface area (Å²) in [5.74, 6) is 1.51. The number of benzene rings is 2. The van der Waals surface area contributed by atoms with Crippen LogP contribution in [-0.2, 0) is 6.54 Å². The molecule has 1 aromatic heterocycles. The van der Waals surface area contributed by atoms with Crippen LogP contribution in [0.5, 0.6) is 0 Å². The van der Waals surface area contributed by atoms with Gasteiger partial charge in [0.15, 0.2) is 0 Å². The van der Waals surface area contributed by atoms with E-state index in [4.69, 9.17) is 26.8 Å². The average molecular weight is 393 g/mol. The van der Waals surface area contributed by atoms with Gasteiger partial charge in [0.25, 0.3) is 0 Å². The number of rotatable bonds is 4. The number of piperazine rings is 1. The van der Waals surface area contributed by atoms with Gasteiger partial charge in [-0.1, -0.05) is 23.7 Å². The lowest BCUT2D eigenvalue weighted by atomic mass is 10.1. The lowest BCUT2D eigenvalue weighted by Crippen LogP contribution is -2.45. The molecule has 0 saturated carbocycles. The third-order valence-corrected chi connectivity index (χ3v) is 5.21. The molecule has 142 valence electrons. The van der Waals surface area contributed by atoms with Crippen LogP contribution >= 0.6 is 11.6 Å². The first-order valence-electron chi connectivity index (χ1n) is 9.26. The van der Waals surface area contributed by atoms with Crippen molar-refractivity contribution in [2.24, 2.45) is 0 Å². The summed E-state index contributed by atoms with van der Waals surface area (Å²) >= 11 is 6.22. The van der Waals surface area contributed by atoms with Gasteiger partial charge in [-0.25, -0.2) is 4.98 Å². The van der Waals surface area contributed by atoms with E-state index in [1.165, 1.54) is 0 Å². The Bertz CT molecular complexity index is 1020. The minimum absolute atomic E-state index is 0.604. The summed E-state index contributed by atoms with van der Waals surface area (Å²) in [7, 11) is 2.13. The normalized spacial score (nSPS) is 14.8. The number of halogens is 1. The van der Waals surface area contributed by atoms with E-state index in [0.717, 1.165) is 54.4 Å². The van der Waals surface area contributed by atoms with Crippen LogP contribution in [0.1, 0.15) is 11.1 Å². The molecule has 1 fully saturated rings. The first-order valence-corrected chi connectivity index (χ1v) is 9.64. The van der Waals surface area contributed by atoms with Gasteiger partial charge in [-0.2, -0.15) is 10.2 Å². The van der Waals surface area contributed by atoms with Crippen molar-refractivity contribution in [3.63, 3.8) is 0 Å². The molecule has 1 aliphatic rings. The van der Waals surface area contributed by atoms with Gasteiger partial charge >= 0.3 is 0 Å². The summed E-state index contributed by atoms with van der Waals surface area (Å²) in [6.45, 7) is 4.41. The maximum Gasteiger partial charge on any atom is 0.227 e. The van der Waals surface area contributed by atoms with Crippen LogP contribution in [0.25, 0.3) is 10.9 Å². The first-order chi connectivity index (χ1) is 13.6. The number of nitrogens with zero attached hydrogens (tertiary/aromatic N) is 5. The van der Waals surface area contributed by atoms with Gasteiger partial charge in [0.1, 0.15) is 5.82 Å². The molecule has 7 heteroatoms. The zero-order valence-electron chi connectivity index (χ0n) is 15.7. The number of likely N-dealkylation sites (N-methyl/N-ethyl adjacent to an activating group) is 1. The zero-order chi connectivity index (χ0) is 19.5. The Morgan fingerprint density at radius 1 is 1.07 bits per heavy atom. The fraction of sp³-hybridized carbons (Fsp3) is 0.286. The minimum atomic E-state index is 0.604. The number of nitriles is 1. The maximum absolute atomic E-state index is 8.95. The second-order valence-corrected chi connectivity index (χ2v) is 7.42. The van der Waals surface area contributed by atoms with Crippen LogP contribution < -0.4 is 10.2 Å². The van der Waals surface area contributed by atoms with Crippen LogP contribution in [0.15, 0.2) is 42.5 Å². The number of hydrogen-bond donors (Lipinski definition) is 1. The smallest absolute Gasteiger partial charge is 0.227 e. The highest BCUT2D eigenvalue weighted by atomic mass is 35.5. The Balaban J connectivity index is 1.64. The summed E-state index contributed by atoms with van der Waals surface area (Å²) in [5, 5.41) is 13.9. The monoisotopic (exact) mass is 392 g/mol. The molecule has 1 aliphatic heterocycles. The Hall–Kier alpha value is -2.88. The zero-order valence-corrected chi connectivity index (χ0v) is 16.4. The van der Waals surface area contributed by atoms with Crippen LogP contribution in [0, 0.1) is 11.3 Å². The number of hydrogen-bond acceptors (Lipinski definition) is 6. The quantitative estimate of drug-likeness (QED) is 0.732. The van der Waals surface area contributed by atoms with E-state index in [1.807, 2.05) is 42.5 Å². The third kappa shape index (κ3) is 4.01. The van der Waals surface area contributed by atoms with Gasteiger partial charge in [0.05, 0.1) is 17.1 Å². The molecule has 4 rings (SSSR count). The second-order valence-electron chi connectivity index (χ2n) is 6.99. The topological polar surface area (TPSA) is 68.1 Å². The molecule has 2 aromatic carbocycles. The van der Waals surface area contributed by atoms with E-state index in [9.17, 15) is 0 Å². The Morgan fingerprint density at radius 3 is 2.54 bits per heavy atom. The largest absolute Gasteiger partial charge is 0.365 e. The molecule has 6 nitrogen and oxygen atoms in total. The van der Waals surface area contributed by atoms with E-state index in [1.54, 1.807) is 0 Å². The van der Waals surface area contributed by atoms with Crippen LogP contribution in [0.2, 0.25) is 5.02 Å².